The number of anilines is 1. The molecule has 2 rings (SSSR count). The van der Waals surface area contributed by atoms with Gasteiger partial charge in [0.1, 0.15) is 5.51 Å². The fraction of sp³-hybridized carbons (Fsp3) is 0.500. The van der Waals surface area contributed by atoms with Crippen LogP contribution in [-0.2, 0) is 4.79 Å². The summed E-state index contributed by atoms with van der Waals surface area (Å²) in [5.74, 6) is -0.858. The summed E-state index contributed by atoms with van der Waals surface area (Å²) in [6, 6.07) is -0.454. The monoisotopic (exact) mass is 242 g/mol. The second kappa shape index (κ2) is 4.05. The zero-order chi connectivity index (χ0) is 11.6. The number of nitrogens with zero attached hydrogens (tertiary/aromatic N) is 2. The predicted octanol–water partition coefficient (Wildman–Crippen LogP) is 0.524. The molecule has 1 aromatic heterocycles. The van der Waals surface area contributed by atoms with Crippen LogP contribution >= 0.6 is 11.3 Å². The summed E-state index contributed by atoms with van der Waals surface area (Å²) >= 11 is 1.20. The number of hydrogen-bond acceptors (Lipinski definition) is 5. The molecule has 2 amide bonds. The highest BCUT2D eigenvalue weighted by molar-refractivity contribution is 7.13. The van der Waals surface area contributed by atoms with E-state index in [0.29, 0.717) is 18.0 Å². The third-order valence-electron chi connectivity index (χ3n) is 2.48. The average molecular weight is 242 g/mol. The summed E-state index contributed by atoms with van der Waals surface area (Å²) in [7, 11) is 0. The Kier molecular flexibility index (Phi) is 2.73. The highest BCUT2D eigenvalue weighted by atomic mass is 32.1. The van der Waals surface area contributed by atoms with Crippen molar-refractivity contribution in [2.45, 2.75) is 12.8 Å². The molecule has 0 radical (unpaired) electrons. The largest absolute Gasteiger partial charge is 0.481 e. The van der Waals surface area contributed by atoms with Gasteiger partial charge in [-0.2, -0.15) is 0 Å². The van der Waals surface area contributed by atoms with Crippen LogP contribution in [0.2, 0.25) is 0 Å². The molecule has 1 heterocycles. The molecular formula is C8H10N4O3S. The Morgan fingerprint density at radius 3 is 2.81 bits per heavy atom. The molecule has 86 valence electrons. The second-order valence-electron chi connectivity index (χ2n) is 3.64. The highest BCUT2D eigenvalue weighted by Crippen LogP contribution is 2.45. The molecule has 1 fully saturated rings. The van der Waals surface area contributed by atoms with Crippen molar-refractivity contribution in [3.63, 3.8) is 0 Å². The summed E-state index contributed by atoms with van der Waals surface area (Å²) < 4.78 is 0. The van der Waals surface area contributed by atoms with E-state index >= 15 is 0 Å². The Hall–Kier alpha value is -1.70. The number of carbonyl (C=O) groups is 2. The van der Waals surface area contributed by atoms with Crippen molar-refractivity contribution in [2.24, 2.45) is 5.41 Å². The highest BCUT2D eigenvalue weighted by Gasteiger charge is 2.50. The van der Waals surface area contributed by atoms with E-state index < -0.39 is 17.4 Å². The van der Waals surface area contributed by atoms with Gasteiger partial charge in [0.15, 0.2) is 0 Å². The molecule has 0 saturated heterocycles. The Bertz CT molecular complexity index is 401. The van der Waals surface area contributed by atoms with Crippen molar-refractivity contribution in [1.29, 1.82) is 0 Å². The number of urea groups is 1. The topological polar surface area (TPSA) is 104 Å². The average Bonchev–Trinajstić information content (AvgIpc) is 2.88. The van der Waals surface area contributed by atoms with Gasteiger partial charge in [-0.3, -0.25) is 10.1 Å². The minimum atomic E-state index is -0.858. The molecule has 1 aromatic rings. The fourth-order valence-corrected chi connectivity index (χ4v) is 1.68. The number of carboxylic acid groups (broad SMARTS) is 1. The van der Waals surface area contributed by atoms with Crippen LogP contribution in [0.4, 0.5) is 9.93 Å². The van der Waals surface area contributed by atoms with Gasteiger partial charge in [0.25, 0.3) is 0 Å². The first kappa shape index (κ1) is 10.8. The standard InChI is InChI=1S/C8H10N4O3S/c13-5(14)8(1-2-8)3-9-6(15)11-7-12-10-4-16-7/h4H,1-3H2,(H,13,14)(H2,9,11,12,15). The maximum Gasteiger partial charge on any atom is 0.321 e. The number of hydrogen-bond donors (Lipinski definition) is 3. The van der Waals surface area contributed by atoms with E-state index in [4.69, 9.17) is 5.11 Å². The molecule has 16 heavy (non-hydrogen) atoms. The molecule has 0 atom stereocenters. The Balaban J connectivity index is 1.78. The van der Waals surface area contributed by atoms with Gasteiger partial charge in [-0.05, 0) is 12.8 Å². The summed E-state index contributed by atoms with van der Waals surface area (Å²) in [6.45, 7) is 0.146. The van der Waals surface area contributed by atoms with Gasteiger partial charge in [-0.25, -0.2) is 4.79 Å². The minimum absolute atomic E-state index is 0.146. The summed E-state index contributed by atoms with van der Waals surface area (Å²) in [5, 5.41) is 21.4. The van der Waals surface area contributed by atoms with Crippen LogP contribution in [0.15, 0.2) is 5.51 Å². The first-order valence-corrected chi connectivity index (χ1v) is 5.55. The summed E-state index contributed by atoms with van der Waals surface area (Å²) in [5.41, 5.74) is 0.744. The molecule has 0 aromatic carbocycles. The van der Waals surface area contributed by atoms with Crippen LogP contribution < -0.4 is 10.6 Å². The maximum atomic E-state index is 11.3. The van der Waals surface area contributed by atoms with Crippen molar-refractivity contribution in [2.75, 3.05) is 11.9 Å². The van der Waals surface area contributed by atoms with Gasteiger partial charge in [0.05, 0.1) is 5.41 Å². The third kappa shape index (κ3) is 2.27. The van der Waals surface area contributed by atoms with Crippen LogP contribution in [0.5, 0.6) is 0 Å². The van der Waals surface area contributed by atoms with Gasteiger partial charge in [-0.15, -0.1) is 10.2 Å². The van der Waals surface area contributed by atoms with Crippen molar-refractivity contribution in [3.8, 4) is 0 Å². The lowest BCUT2D eigenvalue weighted by Crippen LogP contribution is -2.36. The number of aromatic nitrogens is 2. The zero-order valence-corrected chi connectivity index (χ0v) is 9.08. The van der Waals surface area contributed by atoms with Crippen molar-refractivity contribution < 1.29 is 14.7 Å². The van der Waals surface area contributed by atoms with E-state index in [1.54, 1.807) is 0 Å². The van der Waals surface area contributed by atoms with Gasteiger partial charge in [-0.1, -0.05) is 11.3 Å². The molecule has 0 spiro atoms. The van der Waals surface area contributed by atoms with Gasteiger partial charge < -0.3 is 10.4 Å². The Labute approximate surface area is 94.9 Å². The lowest BCUT2D eigenvalue weighted by molar-refractivity contribution is -0.143. The van der Waals surface area contributed by atoms with E-state index in [1.165, 1.54) is 16.8 Å². The summed E-state index contributed by atoms with van der Waals surface area (Å²) in [4.78, 5) is 22.2. The smallest absolute Gasteiger partial charge is 0.321 e. The Morgan fingerprint density at radius 2 is 2.31 bits per heavy atom. The lowest BCUT2D eigenvalue weighted by Gasteiger charge is -2.10. The molecule has 7 nitrogen and oxygen atoms in total. The zero-order valence-electron chi connectivity index (χ0n) is 8.27. The molecule has 0 aliphatic heterocycles. The number of nitrogens with one attached hydrogen (secondary N) is 2. The van der Waals surface area contributed by atoms with Crippen LogP contribution in [0, 0.1) is 5.41 Å². The third-order valence-corrected chi connectivity index (χ3v) is 3.08. The van der Waals surface area contributed by atoms with Crippen molar-refractivity contribution in [1.82, 2.24) is 15.5 Å². The van der Waals surface area contributed by atoms with Crippen LogP contribution in [-0.4, -0.2) is 33.8 Å². The van der Waals surface area contributed by atoms with Crippen LogP contribution in [0.25, 0.3) is 0 Å². The SMILES string of the molecule is O=C(NCC1(C(=O)O)CC1)Nc1nncs1. The number of carboxylic acids is 1. The predicted molar refractivity (Wildman–Crippen MR) is 56.2 cm³/mol. The molecule has 1 aliphatic rings. The van der Waals surface area contributed by atoms with E-state index in [-0.39, 0.29) is 6.54 Å². The van der Waals surface area contributed by atoms with Crippen LogP contribution in [0.3, 0.4) is 0 Å². The second-order valence-corrected chi connectivity index (χ2v) is 4.47. The van der Waals surface area contributed by atoms with E-state index in [2.05, 4.69) is 20.8 Å². The molecule has 0 unspecified atom stereocenters. The van der Waals surface area contributed by atoms with E-state index in [0.717, 1.165) is 0 Å². The van der Waals surface area contributed by atoms with Gasteiger partial charge in [0.2, 0.25) is 5.13 Å². The van der Waals surface area contributed by atoms with E-state index in [9.17, 15) is 9.59 Å². The number of aliphatic carboxylic acids is 1. The van der Waals surface area contributed by atoms with Gasteiger partial charge in [0, 0.05) is 6.54 Å². The lowest BCUT2D eigenvalue weighted by atomic mass is 10.1. The molecular weight excluding hydrogens is 232 g/mol. The number of rotatable bonds is 4. The van der Waals surface area contributed by atoms with Crippen LogP contribution in [0.1, 0.15) is 12.8 Å². The Morgan fingerprint density at radius 1 is 1.56 bits per heavy atom. The molecule has 1 aliphatic carbocycles. The molecule has 1 saturated carbocycles. The van der Waals surface area contributed by atoms with Crippen molar-refractivity contribution in [3.05, 3.63) is 5.51 Å². The maximum absolute atomic E-state index is 11.3. The normalized spacial score (nSPS) is 16.5. The molecule has 8 heteroatoms. The van der Waals surface area contributed by atoms with Gasteiger partial charge >= 0.3 is 12.0 Å². The van der Waals surface area contributed by atoms with Crippen molar-refractivity contribution >= 4 is 28.5 Å². The first-order valence-electron chi connectivity index (χ1n) is 4.67. The number of carbonyl (C=O) groups excluding carboxylic acids is 1. The molecule has 0 bridgehead atoms. The molecule has 3 N–H and O–H groups in total. The number of amides is 2. The first-order chi connectivity index (χ1) is 7.62. The minimum Gasteiger partial charge on any atom is -0.481 e. The van der Waals surface area contributed by atoms with E-state index in [1.807, 2.05) is 0 Å². The fourth-order valence-electron chi connectivity index (χ4n) is 1.24. The quantitative estimate of drug-likeness (QED) is 0.714. The summed E-state index contributed by atoms with van der Waals surface area (Å²) in [6.07, 6.45) is 1.23.